The number of ether oxygens (including phenoxy) is 1. The number of rotatable bonds is 6. The average Bonchev–Trinajstić information content (AvgIpc) is 3.38. The molecule has 4 rings (SSSR count). The van der Waals surface area contributed by atoms with Crippen LogP contribution < -0.4 is 19.8 Å². The Balaban J connectivity index is 1.91. The highest BCUT2D eigenvalue weighted by molar-refractivity contribution is 7.98. The van der Waals surface area contributed by atoms with Crippen molar-refractivity contribution in [3.8, 4) is 0 Å². The third-order valence-corrected chi connectivity index (χ3v) is 7.00. The van der Waals surface area contributed by atoms with Gasteiger partial charge in [-0.05, 0) is 43.9 Å². The molecule has 1 aliphatic rings. The van der Waals surface area contributed by atoms with E-state index in [4.69, 9.17) is 9.15 Å². The van der Waals surface area contributed by atoms with Crippen molar-refractivity contribution in [2.45, 2.75) is 24.8 Å². The van der Waals surface area contributed by atoms with Gasteiger partial charge < -0.3 is 14.1 Å². The fourth-order valence-corrected chi connectivity index (χ4v) is 5.12. The smallest absolute Gasteiger partial charge is 0.338 e. The van der Waals surface area contributed by atoms with Crippen LogP contribution in [-0.2, 0) is 9.53 Å². The van der Waals surface area contributed by atoms with E-state index >= 15 is 0 Å². The Morgan fingerprint density at radius 1 is 1.27 bits per heavy atom. The van der Waals surface area contributed by atoms with Gasteiger partial charge in [0.2, 0.25) is 0 Å². The molecule has 33 heavy (non-hydrogen) atoms. The van der Waals surface area contributed by atoms with Gasteiger partial charge in [-0.1, -0.05) is 23.5 Å². The maximum atomic E-state index is 13.5. The highest BCUT2D eigenvalue weighted by Crippen LogP contribution is 2.31. The molecule has 0 aliphatic carbocycles. The Morgan fingerprint density at radius 2 is 2.00 bits per heavy atom. The topological polar surface area (TPSA) is 77.0 Å². The molecule has 0 fully saturated rings. The molecule has 9 heteroatoms. The minimum absolute atomic E-state index is 0.227. The van der Waals surface area contributed by atoms with Crippen molar-refractivity contribution in [2.75, 3.05) is 31.9 Å². The van der Waals surface area contributed by atoms with Gasteiger partial charge in [-0.2, -0.15) is 0 Å². The van der Waals surface area contributed by atoms with Crippen LogP contribution in [0.15, 0.2) is 66.8 Å². The first-order chi connectivity index (χ1) is 15.8. The van der Waals surface area contributed by atoms with Gasteiger partial charge in [-0.15, -0.1) is 11.8 Å². The highest BCUT2D eigenvalue weighted by Gasteiger charge is 2.33. The van der Waals surface area contributed by atoms with Gasteiger partial charge in [0.05, 0.1) is 28.5 Å². The molecule has 0 saturated carbocycles. The number of carbonyl (C=O) groups excluding carboxylic acids is 1. The van der Waals surface area contributed by atoms with Gasteiger partial charge in [0.15, 0.2) is 10.7 Å². The van der Waals surface area contributed by atoms with Crippen LogP contribution in [0.2, 0.25) is 0 Å². The number of allylic oxidation sites excluding steroid dienone is 1. The lowest BCUT2D eigenvalue weighted by Crippen LogP contribution is -2.39. The van der Waals surface area contributed by atoms with Crippen molar-refractivity contribution >= 4 is 41.0 Å². The monoisotopic (exact) mass is 483 g/mol. The van der Waals surface area contributed by atoms with Gasteiger partial charge in [0.25, 0.3) is 5.56 Å². The van der Waals surface area contributed by atoms with E-state index in [-0.39, 0.29) is 12.2 Å². The molecule has 0 N–H and O–H groups in total. The van der Waals surface area contributed by atoms with Crippen LogP contribution in [0.1, 0.15) is 31.2 Å². The van der Waals surface area contributed by atoms with Crippen molar-refractivity contribution in [2.24, 2.45) is 4.99 Å². The second-order valence-corrected chi connectivity index (χ2v) is 9.53. The zero-order chi connectivity index (χ0) is 23.7. The second kappa shape index (κ2) is 9.44. The lowest BCUT2D eigenvalue weighted by Gasteiger charge is -2.24. The van der Waals surface area contributed by atoms with Crippen molar-refractivity contribution < 1.29 is 13.9 Å². The van der Waals surface area contributed by atoms with Crippen molar-refractivity contribution in [1.82, 2.24) is 4.57 Å². The van der Waals surface area contributed by atoms with E-state index in [1.165, 1.54) is 11.3 Å². The van der Waals surface area contributed by atoms with Gasteiger partial charge in [0, 0.05) is 31.1 Å². The quantitative estimate of drug-likeness (QED) is 0.396. The number of benzene rings is 1. The lowest BCUT2D eigenvalue weighted by molar-refractivity contribution is -0.139. The number of thioether (sulfide) groups is 1. The highest BCUT2D eigenvalue weighted by atomic mass is 32.2. The van der Waals surface area contributed by atoms with Crippen molar-refractivity contribution in [3.63, 3.8) is 0 Å². The summed E-state index contributed by atoms with van der Waals surface area (Å²) in [5.74, 6) is 0.807. The van der Waals surface area contributed by atoms with Crippen LogP contribution >= 0.6 is 23.1 Å². The Kier molecular flexibility index (Phi) is 6.62. The van der Waals surface area contributed by atoms with Crippen LogP contribution in [0.4, 0.5) is 5.88 Å². The minimum Gasteiger partial charge on any atom is -0.463 e. The van der Waals surface area contributed by atoms with Gasteiger partial charge >= 0.3 is 5.97 Å². The number of nitrogens with zero attached hydrogens (tertiary/aromatic N) is 3. The summed E-state index contributed by atoms with van der Waals surface area (Å²) in [6.45, 7) is 3.78. The fraction of sp³-hybridized carbons (Fsp3) is 0.292. The molecule has 0 radical (unpaired) electrons. The Bertz CT molecular complexity index is 1390. The summed E-state index contributed by atoms with van der Waals surface area (Å²) in [6.07, 6.45) is 3.72. The van der Waals surface area contributed by atoms with E-state index in [0.717, 1.165) is 10.5 Å². The fourth-order valence-electron chi connectivity index (χ4n) is 3.68. The Hall–Kier alpha value is -3.04. The van der Waals surface area contributed by atoms with Gasteiger partial charge in [-0.3, -0.25) is 9.36 Å². The van der Waals surface area contributed by atoms with E-state index < -0.39 is 12.0 Å². The summed E-state index contributed by atoms with van der Waals surface area (Å²) in [6, 6.07) is 10.9. The number of thiazole rings is 1. The molecular weight excluding hydrogens is 458 g/mol. The van der Waals surface area contributed by atoms with Crippen molar-refractivity contribution in [1.29, 1.82) is 0 Å². The number of hydrogen-bond acceptors (Lipinski definition) is 8. The van der Waals surface area contributed by atoms with E-state index in [1.807, 2.05) is 61.6 Å². The first-order valence-corrected chi connectivity index (χ1v) is 12.5. The molecule has 0 bridgehead atoms. The standard InChI is InChI=1S/C24H25N3O4S2/c1-6-30-23(29)20-14(2)25-24-27(21(20)15-7-10-17(32-5)11-8-15)22(28)18(33-24)13-16-9-12-19(31-16)26(3)4/h7-13,21H,6H2,1-5H3/b18-13-. The summed E-state index contributed by atoms with van der Waals surface area (Å²) in [7, 11) is 3.77. The number of aromatic nitrogens is 1. The number of furan rings is 1. The Labute approximate surface area is 199 Å². The first-order valence-electron chi connectivity index (χ1n) is 10.4. The average molecular weight is 484 g/mol. The first kappa shape index (κ1) is 23.1. The number of carbonyl (C=O) groups is 1. The number of hydrogen-bond donors (Lipinski definition) is 0. The van der Waals surface area contributed by atoms with Crippen LogP contribution in [0.5, 0.6) is 0 Å². The van der Waals surface area contributed by atoms with E-state index in [1.54, 1.807) is 36.3 Å². The molecule has 1 aromatic carbocycles. The molecule has 3 heterocycles. The predicted octanol–water partition coefficient (Wildman–Crippen LogP) is 3.18. The maximum Gasteiger partial charge on any atom is 0.338 e. The molecule has 0 amide bonds. The molecular formula is C24H25N3O4S2. The van der Waals surface area contributed by atoms with E-state index in [9.17, 15) is 9.59 Å². The molecule has 7 nitrogen and oxygen atoms in total. The molecule has 0 saturated heterocycles. The molecule has 2 aromatic heterocycles. The van der Waals surface area contributed by atoms with Gasteiger partial charge in [0.1, 0.15) is 5.76 Å². The number of esters is 1. The van der Waals surface area contributed by atoms with E-state index in [2.05, 4.69) is 4.99 Å². The summed E-state index contributed by atoms with van der Waals surface area (Å²) in [4.78, 5) is 34.5. The van der Waals surface area contributed by atoms with Crippen LogP contribution in [0.25, 0.3) is 6.08 Å². The Morgan fingerprint density at radius 3 is 2.61 bits per heavy atom. The largest absolute Gasteiger partial charge is 0.463 e. The van der Waals surface area contributed by atoms with Crippen LogP contribution in [-0.4, -0.2) is 37.5 Å². The van der Waals surface area contributed by atoms with Crippen molar-refractivity contribution in [3.05, 3.63) is 78.7 Å². The number of anilines is 1. The zero-order valence-corrected chi connectivity index (χ0v) is 20.8. The van der Waals surface area contributed by atoms with Crippen LogP contribution in [0.3, 0.4) is 0 Å². The maximum absolute atomic E-state index is 13.5. The summed E-state index contributed by atoms with van der Waals surface area (Å²) >= 11 is 2.91. The third-order valence-electron chi connectivity index (χ3n) is 5.28. The molecule has 0 spiro atoms. The molecule has 1 unspecified atom stereocenters. The third kappa shape index (κ3) is 4.43. The molecule has 1 atom stereocenters. The summed E-state index contributed by atoms with van der Waals surface area (Å²) in [5, 5.41) is 0. The molecule has 3 aromatic rings. The SMILES string of the molecule is CCOC(=O)C1=C(C)N=c2s/c(=C\c3ccc(N(C)C)o3)c(=O)n2C1c1ccc(SC)cc1. The zero-order valence-electron chi connectivity index (χ0n) is 19.1. The van der Waals surface area contributed by atoms with E-state index in [0.29, 0.717) is 32.2 Å². The summed E-state index contributed by atoms with van der Waals surface area (Å²) in [5.41, 5.74) is 1.52. The normalized spacial score (nSPS) is 15.9. The van der Waals surface area contributed by atoms with Crippen LogP contribution in [0, 0.1) is 0 Å². The second-order valence-electron chi connectivity index (χ2n) is 7.65. The summed E-state index contributed by atoms with van der Waals surface area (Å²) < 4.78 is 13.2. The molecule has 1 aliphatic heterocycles. The lowest BCUT2D eigenvalue weighted by atomic mass is 9.96. The predicted molar refractivity (Wildman–Crippen MR) is 132 cm³/mol. The minimum atomic E-state index is -0.618. The molecule has 172 valence electrons. The van der Waals surface area contributed by atoms with Gasteiger partial charge in [-0.25, -0.2) is 9.79 Å². The number of fused-ring (bicyclic) bond motifs is 1.